The molecule has 3 atom stereocenters. The number of benzene rings is 3. The topological polar surface area (TPSA) is 88.5 Å². The van der Waals surface area contributed by atoms with E-state index in [1.807, 2.05) is 36.4 Å². The molecule has 1 saturated heterocycles. The van der Waals surface area contributed by atoms with E-state index in [0.29, 0.717) is 26.3 Å². The predicted octanol–water partition coefficient (Wildman–Crippen LogP) is 5.00. The Kier molecular flexibility index (Phi) is 6.43. The second-order valence-corrected chi connectivity index (χ2v) is 11.5. The Morgan fingerprint density at radius 3 is 2.21 bits per heavy atom. The number of nitrogens with zero attached hydrogens (tertiary/aromatic N) is 2. The number of halogens is 1. The highest BCUT2D eigenvalue weighted by Gasteiger charge is 2.56. The number of hydrogen-bond donors (Lipinski definition) is 1. The molecule has 7 nitrogen and oxygen atoms in total. The first kappa shape index (κ1) is 24.7. The molecule has 1 fully saturated rings. The van der Waals surface area contributed by atoms with Crippen LogP contribution in [0.2, 0.25) is 5.02 Å². The Morgan fingerprint density at radius 1 is 0.868 bits per heavy atom. The van der Waals surface area contributed by atoms with Gasteiger partial charge in [0.15, 0.2) is 0 Å². The third-order valence-corrected chi connectivity index (χ3v) is 9.51. The second kappa shape index (κ2) is 9.90. The quantitative estimate of drug-likeness (QED) is 0.347. The van der Waals surface area contributed by atoms with E-state index in [4.69, 9.17) is 11.6 Å². The molecule has 0 radical (unpaired) electrons. The largest absolute Gasteiger partial charge is 0.325 e. The van der Waals surface area contributed by atoms with Gasteiger partial charge in [-0.2, -0.15) is 0 Å². The van der Waals surface area contributed by atoms with Crippen molar-refractivity contribution >= 4 is 63.8 Å². The lowest BCUT2D eigenvalue weighted by Crippen LogP contribution is -2.33. The summed E-state index contributed by atoms with van der Waals surface area (Å²) in [6.07, 6.45) is 0. The summed E-state index contributed by atoms with van der Waals surface area (Å²) in [6, 6.07) is 24.9. The van der Waals surface area contributed by atoms with E-state index < -0.39 is 17.1 Å². The van der Waals surface area contributed by atoms with Crippen LogP contribution in [0.1, 0.15) is 16.4 Å². The number of rotatable bonds is 5. The molecule has 38 heavy (non-hydrogen) atoms. The summed E-state index contributed by atoms with van der Waals surface area (Å²) >= 11 is 8.34. The first-order valence-corrected chi connectivity index (χ1v) is 13.9. The van der Waals surface area contributed by atoms with Crippen molar-refractivity contribution in [2.24, 2.45) is 5.92 Å². The van der Waals surface area contributed by atoms with Gasteiger partial charge in [0.25, 0.3) is 0 Å². The van der Waals surface area contributed by atoms with Crippen LogP contribution in [-0.4, -0.2) is 27.5 Å². The zero-order valence-electron chi connectivity index (χ0n) is 19.7. The SMILES string of the molecule is O=C(Cn1c2c(sc1=O)C(c1ccc(Cl)cc1)C1C(=O)N(c3ccccc3)C(=O)C1S2)Nc1ccccc1. The number of aromatic nitrogens is 1. The van der Waals surface area contributed by atoms with E-state index in [9.17, 15) is 19.2 Å². The molecule has 2 aliphatic rings. The highest BCUT2D eigenvalue weighted by atomic mass is 35.5. The Bertz CT molecular complexity index is 1600. The summed E-state index contributed by atoms with van der Waals surface area (Å²) in [4.78, 5) is 55.1. The van der Waals surface area contributed by atoms with Gasteiger partial charge >= 0.3 is 4.87 Å². The fourth-order valence-corrected chi connectivity index (χ4v) is 7.88. The molecule has 1 aromatic heterocycles. The Hall–Kier alpha value is -3.66. The summed E-state index contributed by atoms with van der Waals surface area (Å²) in [5.41, 5.74) is 1.91. The van der Waals surface area contributed by atoms with Gasteiger partial charge in [0.1, 0.15) is 11.8 Å². The zero-order chi connectivity index (χ0) is 26.4. The number of fused-ring (bicyclic) bond motifs is 2. The minimum Gasteiger partial charge on any atom is -0.325 e. The lowest BCUT2D eigenvalue weighted by Gasteiger charge is -2.30. The van der Waals surface area contributed by atoms with Crippen molar-refractivity contribution in [3.8, 4) is 0 Å². The lowest BCUT2D eigenvalue weighted by atomic mass is 9.83. The molecule has 0 aliphatic carbocycles. The van der Waals surface area contributed by atoms with E-state index in [1.54, 1.807) is 48.5 Å². The molecule has 3 heterocycles. The first-order valence-electron chi connectivity index (χ1n) is 11.9. The van der Waals surface area contributed by atoms with Crippen molar-refractivity contribution < 1.29 is 14.4 Å². The molecule has 3 amide bonds. The van der Waals surface area contributed by atoms with Gasteiger partial charge in [-0.25, -0.2) is 4.90 Å². The molecule has 1 N–H and O–H groups in total. The number of carbonyl (C=O) groups excluding carboxylic acids is 3. The number of imide groups is 1. The molecule has 10 heteroatoms. The number of thiazole rings is 1. The molecular formula is C28H20ClN3O4S2. The molecule has 0 bridgehead atoms. The van der Waals surface area contributed by atoms with Crippen LogP contribution >= 0.6 is 34.7 Å². The van der Waals surface area contributed by atoms with Crippen molar-refractivity contribution in [3.05, 3.63) is 110 Å². The average molecular weight is 562 g/mol. The van der Waals surface area contributed by atoms with Gasteiger partial charge < -0.3 is 5.32 Å². The number of amides is 3. The smallest absolute Gasteiger partial charge is 0.308 e. The van der Waals surface area contributed by atoms with Gasteiger partial charge in [-0.3, -0.25) is 23.7 Å². The average Bonchev–Trinajstić information content (AvgIpc) is 3.36. The first-order chi connectivity index (χ1) is 18.4. The minimum atomic E-state index is -0.742. The van der Waals surface area contributed by atoms with E-state index in [-0.39, 0.29) is 29.1 Å². The number of para-hydroxylation sites is 2. The lowest BCUT2D eigenvalue weighted by molar-refractivity contribution is -0.122. The van der Waals surface area contributed by atoms with Crippen molar-refractivity contribution in [1.29, 1.82) is 0 Å². The third-order valence-electron chi connectivity index (χ3n) is 6.65. The highest BCUT2D eigenvalue weighted by Crippen LogP contribution is 2.53. The van der Waals surface area contributed by atoms with E-state index >= 15 is 0 Å². The summed E-state index contributed by atoms with van der Waals surface area (Å²) in [5.74, 6) is -2.23. The molecule has 2 aliphatic heterocycles. The second-order valence-electron chi connectivity index (χ2n) is 8.98. The maximum Gasteiger partial charge on any atom is 0.308 e. The van der Waals surface area contributed by atoms with Crippen LogP contribution in [0.3, 0.4) is 0 Å². The molecule has 6 rings (SSSR count). The van der Waals surface area contributed by atoms with Gasteiger partial charge in [0.05, 0.1) is 16.6 Å². The molecule has 3 aromatic carbocycles. The van der Waals surface area contributed by atoms with Gasteiger partial charge in [-0.1, -0.05) is 83.2 Å². The highest BCUT2D eigenvalue weighted by molar-refractivity contribution is 8.00. The van der Waals surface area contributed by atoms with E-state index in [0.717, 1.165) is 16.9 Å². The van der Waals surface area contributed by atoms with Gasteiger partial charge in [-0.15, -0.1) is 0 Å². The maximum absolute atomic E-state index is 13.8. The van der Waals surface area contributed by atoms with Crippen molar-refractivity contribution in [1.82, 2.24) is 4.57 Å². The number of nitrogens with one attached hydrogen (secondary N) is 1. The maximum atomic E-state index is 13.8. The van der Waals surface area contributed by atoms with Crippen molar-refractivity contribution in [2.75, 3.05) is 10.2 Å². The summed E-state index contributed by atoms with van der Waals surface area (Å²) in [7, 11) is 0. The summed E-state index contributed by atoms with van der Waals surface area (Å²) in [5, 5.41) is 3.15. The fourth-order valence-electron chi connectivity index (χ4n) is 4.98. The van der Waals surface area contributed by atoms with Crippen LogP contribution in [0, 0.1) is 5.92 Å². The van der Waals surface area contributed by atoms with Crippen molar-refractivity contribution in [3.63, 3.8) is 0 Å². The van der Waals surface area contributed by atoms with Crippen LogP contribution in [0.5, 0.6) is 0 Å². The predicted molar refractivity (Wildman–Crippen MR) is 149 cm³/mol. The van der Waals surface area contributed by atoms with Crippen LogP contribution in [0.4, 0.5) is 11.4 Å². The normalized spacial score (nSPS) is 20.2. The van der Waals surface area contributed by atoms with E-state index in [1.165, 1.54) is 21.2 Å². The fraction of sp³-hybridized carbons (Fsp3) is 0.143. The molecule has 4 aromatic rings. The third kappa shape index (κ3) is 4.26. The van der Waals surface area contributed by atoms with Gasteiger partial charge in [-0.05, 0) is 42.0 Å². The monoisotopic (exact) mass is 561 g/mol. The number of thioether (sulfide) groups is 1. The van der Waals surface area contributed by atoms with Crippen LogP contribution in [-0.2, 0) is 20.9 Å². The Balaban J connectivity index is 1.42. The number of carbonyl (C=O) groups is 3. The van der Waals surface area contributed by atoms with Gasteiger partial charge in [0, 0.05) is 21.5 Å². The van der Waals surface area contributed by atoms with Gasteiger partial charge in [0.2, 0.25) is 17.7 Å². The minimum absolute atomic E-state index is 0.207. The standard InChI is InChI=1S/C28H20ClN3O4S2/c29-17-13-11-16(12-14-17)21-22-23(26(35)32(25(22)34)19-9-5-2-6-10-19)37-27-24(21)38-28(36)31(27)15-20(33)30-18-7-3-1-4-8-18/h1-14,21-23H,15H2,(H,30,33). The number of hydrogen-bond acceptors (Lipinski definition) is 6. The summed E-state index contributed by atoms with van der Waals surface area (Å²) < 4.78 is 1.41. The van der Waals surface area contributed by atoms with Crippen LogP contribution in [0.25, 0.3) is 0 Å². The Labute approximate surface area is 231 Å². The van der Waals surface area contributed by atoms with Crippen LogP contribution < -0.4 is 15.1 Å². The number of anilines is 2. The van der Waals surface area contributed by atoms with Crippen molar-refractivity contribution in [2.45, 2.75) is 22.7 Å². The molecule has 0 spiro atoms. The zero-order valence-corrected chi connectivity index (χ0v) is 22.1. The molecule has 190 valence electrons. The molecular weight excluding hydrogens is 542 g/mol. The molecule has 0 saturated carbocycles. The van der Waals surface area contributed by atoms with E-state index in [2.05, 4.69) is 5.32 Å². The van der Waals surface area contributed by atoms with Crippen LogP contribution in [0.15, 0.2) is 94.7 Å². The molecule has 3 unspecified atom stereocenters. The summed E-state index contributed by atoms with van der Waals surface area (Å²) in [6.45, 7) is -0.207. The Morgan fingerprint density at radius 2 is 1.53 bits per heavy atom.